The van der Waals surface area contributed by atoms with Crippen molar-refractivity contribution in [1.29, 1.82) is 0 Å². The van der Waals surface area contributed by atoms with E-state index in [2.05, 4.69) is 0 Å². The SMILES string of the molecule is CC(O)C(=O)ON1C=CN(C)C1. The molecule has 0 aromatic carbocycles. The van der Waals surface area contributed by atoms with Crippen molar-refractivity contribution >= 4 is 5.97 Å². The van der Waals surface area contributed by atoms with Crippen LogP contribution in [0.4, 0.5) is 0 Å². The van der Waals surface area contributed by atoms with Crippen molar-refractivity contribution in [3.8, 4) is 0 Å². The Morgan fingerprint density at radius 2 is 2.33 bits per heavy atom. The first kappa shape index (κ1) is 8.86. The number of rotatable bonds is 2. The standard InChI is InChI=1S/C7H12N2O3/c1-6(10)7(11)12-9-4-3-8(2)5-9/h3-4,6,10H,5H2,1-2H3. The van der Waals surface area contributed by atoms with Gasteiger partial charge in [0.1, 0.15) is 6.67 Å². The minimum atomic E-state index is -1.08. The third-order valence-electron chi connectivity index (χ3n) is 1.40. The maximum atomic E-state index is 10.8. The van der Waals surface area contributed by atoms with Crippen molar-refractivity contribution in [2.24, 2.45) is 0 Å². The molecule has 12 heavy (non-hydrogen) atoms. The second-order valence-electron chi connectivity index (χ2n) is 2.70. The molecular weight excluding hydrogens is 160 g/mol. The van der Waals surface area contributed by atoms with Crippen molar-refractivity contribution in [2.45, 2.75) is 13.0 Å². The summed E-state index contributed by atoms with van der Waals surface area (Å²) in [7, 11) is 1.85. The molecule has 0 saturated carbocycles. The molecule has 1 rings (SSSR count). The number of hydrogen-bond donors (Lipinski definition) is 1. The molecule has 1 aliphatic rings. The van der Waals surface area contributed by atoms with E-state index >= 15 is 0 Å². The van der Waals surface area contributed by atoms with Crippen molar-refractivity contribution in [1.82, 2.24) is 9.96 Å². The molecule has 1 N–H and O–H groups in total. The highest BCUT2D eigenvalue weighted by atomic mass is 16.7. The number of aliphatic hydroxyl groups is 1. The Hall–Kier alpha value is -1.23. The van der Waals surface area contributed by atoms with Crippen LogP contribution in [0.5, 0.6) is 0 Å². The summed E-state index contributed by atoms with van der Waals surface area (Å²) in [6, 6.07) is 0. The largest absolute Gasteiger partial charge is 0.382 e. The zero-order chi connectivity index (χ0) is 9.14. The summed E-state index contributed by atoms with van der Waals surface area (Å²) in [5.41, 5.74) is 0. The lowest BCUT2D eigenvalue weighted by Gasteiger charge is -2.17. The number of hydrogen-bond acceptors (Lipinski definition) is 5. The Morgan fingerprint density at radius 3 is 2.75 bits per heavy atom. The lowest BCUT2D eigenvalue weighted by atomic mass is 10.4. The van der Waals surface area contributed by atoms with Gasteiger partial charge in [0.2, 0.25) is 0 Å². The molecule has 68 valence electrons. The molecule has 0 amide bonds. The number of hydroxylamine groups is 2. The van der Waals surface area contributed by atoms with E-state index in [1.54, 1.807) is 12.4 Å². The van der Waals surface area contributed by atoms with Crippen LogP contribution in [-0.2, 0) is 9.63 Å². The summed E-state index contributed by atoms with van der Waals surface area (Å²) < 4.78 is 0. The molecule has 0 bridgehead atoms. The monoisotopic (exact) mass is 172 g/mol. The second-order valence-corrected chi connectivity index (χ2v) is 2.70. The van der Waals surface area contributed by atoms with Crippen LogP contribution < -0.4 is 0 Å². The Labute approximate surface area is 70.8 Å². The molecule has 0 fully saturated rings. The van der Waals surface area contributed by atoms with E-state index in [1.165, 1.54) is 12.0 Å². The first-order valence-electron chi connectivity index (χ1n) is 3.64. The average Bonchev–Trinajstić information content (AvgIpc) is 2.35. The van der Waals surface area contributed by atoms with Crippen molar-refractivity contribution in [3.05, 3.63) is 12.4 Å². The van der Waals surface area contributed by atoms with E-state index < -0.39 is 12.1 Å². The van der Waals surface area contributed by atoms with Crippen LogP contribution >= 0.6 is 0 Å². The summed E-state index contributed by atoms with van der Waals surface area (Å²) in [4.78, 5) is 17.4. The summed E-state index contributed by atoms with van der Waals surface area (Å²) in [5, 5.41) is 10.2. The molecule has 0 saturated heterocycles. The van der Waals surface area contributed by atoms with E-state index in [-0.39, 0.29) is 0 Å². The van der Waals surface area contributed by atoms with Gasteiger partial charge in [0.25, 0.3) is 0 Å². The fourth-order valence-corrected chi connectivity index (χ4v) is 0.753. The number of nitrogens with zero attached hydrogens (tertiary/aromatic N) is 2. The Balaban J connectivity index is 2.34. The van der Waals surface area contributed by atoms with Crippen LogP contribution in [0.3, 0.4) is 0 Å². The van der Waals surface area contributed by atoms with Gasteiger partial charge in [0.05, 0.1) is 6.20 Å². The van der Waals surface area contributed by atoms with Gasteiger partial charge in [-0.2, -0.15) is 5.06 Å². The van der Waals surface area contributed by atoms with E-state index in [9.17, 15) is 4.79 Å². The van der Waals surface area contributed by atoms with Gasteiger partial charge in [0, 0.05) is 13.2 Å². The van der Waals surface area contributed by atoms with Crippen molar-refractivity contribution in [3.63, 3.8) is 0 Å². The third kappa shape index (κ3) is 2.13. The quantitative estimate of drug-likeness (QED) is 0.608. The predicted octanol–water partition coefficient (Wildman–Crippen LogP) is -0.499. The normalized spacial score (nSPS) is 18.2. The van der Waals surface area contributed by atoms with Crippen LogP contribution in [-0.4, -0.2) is 40.9 Å². The first-order chi connectivity index (χ1) is 5.59. The third-order valence-corrected chi connectivity index (χ3v) is 1.40. The average molecular weight is 172 g/mol. The molecular formula is C7H12N2O3. The lowest BCUT2D eigenvalue weighted by Crippen LogP contribution is -2.30. The number of aliphatic hydroxyl groups excluding tert-OH is 1. The highest BCUT2D eigenvalue weighted by Gasteiger charge is 2.17. The van der Waals surface area contributed by atoms with Gasteiger partial charge in [0.15, 0.2) is 6.10 Å². The van der Waals surface area contributed by atoms with Crippen LogP contribution in [0.25, 0.3) is 0 Å². The summed E-state index contributed by atoms with van der Waals surface area (Å²) in [5.74, 6) is -0.644. The highest BCUT2D eigenvalue weighted by Crippen LogP contribution is 2.04. The maximum absolute atomic E-state index is 10.8. The van der Waals surface area contributed by atoms with E-state index in [0.717, 1.165) is 0 Å². The van der Waals surface area contributed by atoms with Crippen LogP contribution in [0.2, 0.25) is 0 Å². The van der Waals surface area contributed by atoms with Gasteiger partial charge in [-0.15, -0.1) is 0 Å². The molecule has 1 unspecified atom stereocenters. The molecule has 0 radical (unpaired) electrons. The maximum Gasteiger partial charge on any atom is 0.360 e. The smallest absolute Gasteiger partial charge is 0.360 e. The van der Waals surface area contributed by atoms with Crippen molar-refractivity contribution < 1.29 is 14.7 Å². The summed E-state index contributed by atoms with van der Waals surface area (Å²) in [6.45, 7) is 1.87. The van der Waals surface area contributed by atoms with Crippen LogP contribution in [0.1, 0.15) is 6.92 Å². The summed E-state index contributed by atoms with van der Waals surface area (Å²) in [6.07, 6.45) is 2.32. The molecule has 0 spiro atoms. The van der Waals surface area contributed by atoms with E-state index in [0.29, 0.717) is 6.67 Å². The Morgan fingerprint density at radius 1 is 1.67 bits per heavy atom. The molecule has 5 nitrogen and oxygen atoms in total. The molecule has 1 atom stereocenters. The Kier molecular flexibility index (Phi) is 2.54. The second kappa shape index (κ2) is 3.44. The van der Waals surface area contributed by atoms with E-state index in [4.69, 9.17) is 9.94 Å². The van der Waals surface area contributed by atoms with Gasteiger partial charge < -0.3 is 14.8 Å². The van der Waals surface area contributed by atoms with Gasteiger partial charge >= 0.3 is 5.97 Å². The molecule has 5 heteroatoms. The van der Waals surface area contributed by atoms with E-state index in [1.807, 2.05) is 11.9 Å². The van der Waals surface area contributed by atoms with Crippen LogP contribution in [0.15, 0.2) is 12.4 Å². The molecule has 0 aliphatic carbocycles. The zero-order valence-electron chi connectivity index (χ0n) is 7.10. The number of carbonyl (C=O) groups is 1. The van der Waals surface area contributed by atoms with Gasteiger partial charge in [-0.25, -0.2) is 4.79 Å². The van der Waals surface area contributed by atoms with Gasteiger partial charge in [-0.3, -0.25) is 0 Å². The molecule has 1 aliphatic heterocycles. The predicted molar refractivity (Wildman–Crippen MR) is 41.4 cm³/mol. The minimum absolute atomic E-state index is 0.498. The Bertz CT molecular complexity index is 203. The molecule has 1 heterocycles. The summed E-state index contributed by atoms with van der Waals surface area (Å²) >= 11 is 0. The topological polar surface area (TPSA) is 53.0 Å². The van der Waals surface area contributed by atoms with Gasteiger partial charge in [-0.05, 0) is 6.92 Å². The fraction of sp³-hybridized carbons (Fsp3) is 0.571. The van der Waals surface area contributed by atoms with Crippen molar-refractivity contribution in [2.75, 3.05) is 13.7 Å². The number of carbonyl (C=O) groups excluding carboxylic acids is 1. The zero-order valence-corrected chi connectivity index (χ0v) is 7.10. The van der Waals surface area contributed by atoms with Crippen LogP contribution in [0, 0.1) is 0 Å². The molecule has 0 aromatic heterocycles. The first-order valence-corrected chi connectivity index (χ1v) is 3.64. The van der Waals surface area contributed by atoms with Gasteiger partial charge in [-0.1, -0.05) is 0 Å². The fourth-order valence-electron chi connectivity index (χ4n) is 0.753. The minimum Gasteiger partial charge on any atom is -0.382 e. The highest BCUT2D eigenvalue weighted by molar-refractivity contribution is 5.73. The lowest BCUT2D eigenvalue weighted by molar-refractivity contribution is -0.188. The molecule has 0 aromatic rings.